The molecule has 2 heterocycles. The van der Waals surface area contributed by atoms with Crippen LogP contribution in [0, 0.1) is 0 Å². The van der Waals surface area contributed by atoms with Crippen molar-refractivity contribution in [2.45, 2.75) is 6.54 Å². The lowest BCUT2D eigenvalue weighted by molar-refractivity contribution is 0.414. The third-order valence-electron chi connectivity index (χ3n) is 4.37. The van der Waals surface area contributed by atoms with E-state index in [4.69, 9.17) is 16.3 Å². The highest BCUT2D eigenvalue weighted by molar-refractivity contribution is 6.32. The Hall–Kier alpha value is -3.05. The number of nitrogens with zero attached hydrogens (tertiary/aromatic N) is 2. The van der Waals surface area contributed by atoms with Crippen LogP contribution in [0.15, 0.2) is 65.7 Å². The Kier molecular flexibility index (Phi) is 4.22. The number of pyridine rings is 1. The van der Waals surface area contributed by atoms with Crippen LogP contribution in [0.5, 0.6) is 5.75 Å². The number of aromatic amines is 1. The van der Waals surface area contributed by atoms with Crippen LogP contribution < -0.4 is 10.3 Å². The maximum absolute atomic E-state index is 12.8. The third-order valence-corrected chi connectivity index (χ3v) is 4.66. The van der Waals surface area contributed by atoms with E-state index in [1.54, 1.807) is 17.9 Å². The second kappa shape index (κ2) is 6.69. The molecule has 6 heteroatoms. The number of hydrogen-bond acceptors (Lipinski definition) is 3. The first-order valence-corrected chi connectivity index (χ1v) is 8.49. The summed E-state index contributed by atoms with van der Waals surface area (Å²) in [6, 6.07) is 15.3. The Bertz CT molecular complexity index is 1150. The van der Waals surface area contributed by atoms with Crippen molar-refractivity contribution < 1.29 is 4.74 Å². The second-order valence-electron chi connectivity index (χ2n) is 5.99. The molecular weight excluding hydrogens is 350 g/mol. The molecule has 0 saturated heterocycles. The summed E-state index contributed by atoms with van der Waals surface area (Å²) in [5, 5.41) is 8.62. The summed E-state index contributed by atoms with van der Waals surface area (Å²) >= 11 is 6.08. The Labute approximate surface area is 154 Å². The minimum Gasteiger partial charge on any atom is -0.497 e. The van der Waals surface area contributed by atoms with Crippen molar-refractivity contribution in [1.29, 1.82) is 0 Å². The smallest absolute Gasteiger partial charge is 0.258 e. The SMILES string of the molecule is COc1cccc(Cn2ccc3cc(-c4c[nH]nc4Cl)ccc3c2=O)c1. The summed E-state index contributed by atoms with van der Waals surface area (Å²) in [6.45, 7) is 0.487. The molecule has 0 amide bonds. The average Bonchev–Trinajstić information content (AvgIpc) is 3.10. The van der Waals surface area contributed by atoms with E-state index in [1.807, 2.05) is 54.7 Å². The van der Waals surface area contributed by atoms with Crippen LogP contribution in [0.4, 0.5) is 0 Å². The molecule has 0 fully saturated rings. The second-order valence-corrected chi connectivity index (χ2v) is 6.35. The molecule has 2 aromatic heterocycles. The number of nitrogens with one attached hydrogen (secondary N) is 1. The summed E-state index contributed by atoms with van der Waals surface area (Å²) in [5.74, 6) is 0.776. The van der Waals surface area contributed by atoms with Crippen molar-refractivity contribution >= 4 is 22.4 Å². The monoisotopic (exact) mass is 365 g/mol. The summed E-state index contributed by atoms with van der Waals surface area (Å²) in [7, 11) is 1.63. The van der Waals surface area contributed by atoms with Crippen LogP contribution in [-0.2, 0) is 6.54 Å². The van der Waals surface area contributed by atoms with E-state index in [1.165, 1.54) is 0 Å². The number of rotatable bonds is 4. The first kappa shape index (κ1) is 16.4. The predicted octanol–water partition coefficient (Wildman–Crippen LogP) is 4.10. The molecular formula is C20H16ClN3O2. The predicted molar refractivity (Wildman–Crippen MR) is 103 cm³/mol. The van der Waals surface area contributed by atoms with Gasteiger partial charge in [-0.2, -0.15) is 5.10 Å². The molecule has 26 heavy (non-hydrogen) atoms. The summed E-state index contributed by atoms with van der Waals surface area (Å²) in [4.78, 5) is 12.8. The lowest BCUT2D eigenvalue weighted by Gasteiger charge is -2.09. The first-order valence-electron chi connectivity index (χ1n) is 8.11. The van der Waals surface area contributed by atoms with Crippen molar-refractivity contribution in [2.75, 3.05) is 7.11 Å². The largest absolute Gasteiger partial charge is 0.497 e. The standard InChI is InChI=1S/C20H16ClN3O2/c1-26-16-4-2-3-13(9-16)12-24-8-7-15-10-14(5-6-17(15)20(24)25)18-11-22-23-19(18)21/h2-11H,12H2,1H3,(H,22,23). The lowest BCUT2D eigenvalue weighted by atomic mass is 10.0. The van der Waals surface area contributed by atoms with Gasteiger partial charge in [0, 0.05) is 23.3 Å². The summed E-state index contributed by atoms with van der Waals surface area (Å²) in [6.07, 6.45) is 3.55. The minimum atomic E-state index is -0.0323. The van der Waals surface area contributed by atoms with Gasteiger partial charge >= 0.3 is 0 Å². The van der Waals surface area contributed by atoms with Gasteiger partial charge in [0.2, 0.25) is 0 Å². The highest BCUT2D eigenvalue weighted by Crippen LogP contribution is 2.27. The fourth-order valence-electron chi connectivity index (χ4n) is 3.02. The van der Waals surface area contributed by atoms with E-state index >= 15 is 0 Å². The molecule has 1 N–H and O–H groups in total. The molecule has 4 aromatic rings. The number of aromatic nitrogens is 3. The highest BCUT2D eigenvalue weighted by atomic mass is 35.5. The number of ether oxygens (including phenoxy) is 1. The normalized spacial score (nSPS) is 11.0. The number of H-pyrrole nitrogens is 1. The Morgan fingerprint density at radius 2 is 2.08 bits per heavy atom. The molecule has 4 rings (SSSR count). The van der Waals surface area contributed by atoms with Gasteiger partial charge in [-0.05, 0) is 46.8 Å². The number of halogens is 1. The molecule has 0 radical (unpaired) electrons. The number of hydrogen-bond donors (Lipinski definition) is 1. The van der Waals surface area contributed by atoms with Gasteiger partial charge in [-0.3, -0.25) is 9.89 Å². The summed E-state index contributed by atoms with van der Waals surface area (Å²) < 4.78 is 6.94. The van der Waals surface area contributed by atoms with Crippen LogP contribution >= 0.6 is 11.6 Å². The van der Waals surface area contributed by atoms with Gasteiger partial charge in [0.25, 0.3) is 5.56 Å². The van der Waals surface area contributed by atoms with Gasteiger partial charge in [-0.25, -0.2) is 0 Å². The van der Waals surface area contributed by atoms with Gasteiger partial charge in [0.05, 0.1) is 13.7 Å². The van der Waals surface area contributed by atoms with E-state index < -0.39 is 0 Å². The minimum absolute atomic E-state index is 0.0323. The molecule has 130 valence electrons. The van der Waals surface area contributed by atoms with Crippen molar-refractivity contribution in [3.63, 3.8) is 0 Å². The molecule has 0 atom stereocenters. The Morgan fingerprint density at radius 1 is 1.19 bits per heavy atom. The topological polar surface area (TPSA) is 59.9 Å². The quantitative estimate of drug-likeness (QED) is 0.592. The van der Waals surface area contributed by atoms with Crippen molar-refractivity contribution in [1.82, 2.24) is 14.8 Å². The van der Waals surface area contributed by atoms with E-state index in [0.29, 0.717) is 17.1 Å². The van der Waals surface area contributed by atoms with Gasteiger partial charge in [0.15, 0.2) is 5.15 Å². The first-order chi connectivity index (χ1) is 12.7. The molecule has 2 aromatic carbocycles. The number of benzene rings is 2. The number of methoxy groups -OCH3 is 1. The third kappa shape index (κ3) is 2.97. The van der Waals surface area contributed by atoms with Crippen LogP contribution in [0.2, 0.25) is 5.15 Å². The van der Waals surface area contributed by atoms with E-state index in [-0.39, 0.29) is 5.56 Å². The van der Waals surface area contributed by atoms with Crippen LogP contribution in [-0.4, -0.2) is 21.9 Å². The highest BCUT2D eigenvalue weighted by Gasteiger charge is 2.09. The van der Waals surface area contributed by atoms with E-state index in [2.05, 4.69) is 10.2 Å². The molecule has 0 bridgehead atoms. The van der Waals surface area contributed by atoms with E-state index in [0.717, 1.165) is 27.8 Å². The lowest BCUT2D eigenvalue weighted by Crippen LogP contribution is -2.20. The molecule has 0 unspecified atom stereocenters. The maximum Gasteiger partial charge on any atom is 0.258 e. The van der Waals surface area contributed by atoms with E-state index in [9.17, 15) is 4.79 Å². The molecule has 0 aliphatic heterocycles. The van der Waals surface area contributed by atoms with Crippen molar-refractivity contribution in [3.05, 3.63) is 82.0 Å². The zero-order chi connectivity index (χ0) is 18.1. The van der Waals surface area contributed by atoms with Crippen LogP contribution in [0.1, 0.15) is 5.56 Å². The fraction of sp³-hybridized carbons (Fsp3) is 0.100. The Balaban J connectivity index is 1.73. The molecule has 0 spiro atoms. The van der Waals surface area contributed by atoms with Gasteiger partial charge in [-0.15, -0.1) is 0 Å². The Morgan fingerprint density at radius 3 is 2.85 bits per heavy atom. The molecule has 5 nitrogen and oxygen atoms in total. The molecule has 0 aliphatic rings. The fourth-order valence-corrected chi connectivity index (χ4v) is 3.24. The van der Waals surface area contributed by atoms with Gasteiger partial charge in [0.1, 0.15) is 5.75 Å². The summed E-state index contributed by atoms with van der Waals surface area (Å²) in [5.41, 5.74) is 2.71. The molecule has 0 aliphatic carbocycles. The van der Waals surface area contributed by atoms with Gasteiger partial charge in [-0.1, -0.05) is 29.8 Å². The maximum atomic E-state index is 12.8. The van der Waals surface area contributed by atoms with Gasteiger partial charge < -0.3 is 9.30 Å². The van der Waals surface area contributed by atoms with Crippen molar-refractivity contribution in [2.24, 2.45) is 0 Å². The average molecular weight is 366 g/mol. The van der Waals surface area contributed by atoms with Crippen molar-refractivity contribution in [3.8, 4) is 16.9 Å². The molecule has 0 saturated carbocycles. The van der Waals surface area contributed by atoms with Crippen LogP contribution in [0.25, 0.3) is 21.9 Å². The number of fused-ring (bicyclic) bond motifs is 1. The zero-order valence-electron chi connectivity index (χ0n) is 14.1. The van der Waals surface area contributed by atoms with Crippen LogP contribution in [0.3, 0.4) is 0 Å². The zero-order valence-corrected chi connectivity index (χ0v) is 14.8.